The Labute approximate surface area is 132 Å². The predicted molar refractivity (Wildman–Crippen MR) is 86.7 cm³/mol. The predicted octanol–water partition coefficient (Wildman–Crippen LogP) is 2.92. The lowest BCUT2D eigenvalue weighted by molar-refractivity contribution is 0.173. The first-order valence-corrected chi connectivity index (χ1v) is 7.71. The zero-order valence-electron chi connectivity index (χ0n) is 14.2. The van der Waals surface area contributed by atoms with Gasteiger partial charge in [0.25, 0.3) is 0 Å². The Bertz CT molecular complexity index is 555. The molecular formula is C17H26N2O3. The van der Waals surface area contributed by atoms with Gasteiger partial charge in [0, 0.05) is 25.0 Å². The number of nitrogens with zero attached hydrogens (tertiary/aromatic N) is 1. The van der Waals surface area contributed by atoms with E-state index in [-0.39, 0.29) is 11.4 Å². The van der Waals surface area contributed by atoms with Crippen molar-refractivity contribution >= 4 is 6.03 Å². The Morgan fingerprint density at radius 3 is 2.50 bits per heavy atom. The number of rotatable bonds is 4. The highest BCUT2D eigenvalue weighted by molar-refractivity contribution is 5.75. The summed E-state index contributed by atoms with van der Waals surface area (Å²) in [5, 5.41) is 2.95. The number of carbonyl (C=O) groups excluding carboxylic acids is 1. The van der Waals surface area contributed by atoms with E-state index in [4.69, 9.17) is 9.47 Å². The van der Waals surface area contributed by atoms with Gasteiger partial charge in [-0.25, -0.2) is 4.79 Å². The molecule has 5 heteroatoms. The number of benzene rings is 1. The van der Waals surface area contributed by atoms with Crippen LogP contribution in [0.4, 0.5) is 4.79 Å². The molecule has 1 heterocycles. The molecular weight excluding hydrogens is 280 g/mol. The molecule has 1 N–H and O–H groups in total. The largest absolute Gasteiger partial charge is 0.493 e. The van der Waals surface area contributed by atoms with E-state index < -0.39 is 0 Å². The first-order chi connectivity index (χ1) is 10.4. The second-order valence-corrected chi connectivity index (χ2v) is 6.34. The second-order valence-electron chi connectivity index (χ2n) is 6.34. The van der Waals surface area contributed by atoms with Crippen molar-refractivity contribution in [2.45, 2.75) is 39.2 Å². The lowest BCUT2D eigenvalue weighted by atomic mass is 9.78. The van der Waals surface area contributed by atoms with Crippen LogP contribution in [0.5, 0.6) is 11.5 Å². The lowest BCUT2D eigenvalue weighted by Crippen LogP contribution is -2.49. The van der Waals surface area contributed by atoms with Gasteiger partial charge in [0.1, 0.15) is 0 Å². The van der Waals surface area contributed by atoms with Crippen LogP contribution in [0.3, 0.4) is 0 Å². The summed E-state index contributed by atoms with van der Waals surface area (Å²) in [6.45, 7) is 8.33. The van der Waals surface area contributed by atoms with Crippen LogP contribution in [-0.2, 0) is 12.0 Å². The number of hydrogen-bond donors (Lipinski definition) is 1. The smallest absolute Gasteiger partial charge is 0.317 e. The highest BCUT2D eigenvalue weighted by atomic mass is 16.5. The average molecular weight is 306 g/mol. The van der Waals surface area contributed by atoms with Crippen LogP contribution in [0, 0.1) is 0 Å². The molecule has 1 aromatic carbocycles. The molecule has 1 aliphatic heterocycles. The van der Waals surface area contributed by atoms with Crippen molar-refractivity contribution in [3.63, 3.8) is 0 Å². The maximum absolute atomic E-state index is 12.3. The molecule has 5 nitrogen and oxygen atoms in total. The van der Waals surface area contributed by atoms with Crippen molar-refractivity contribution in [2.24, 2.45) is 0 Å². The molecule has 0 saturated heterocycles. The van der Waals surface area contributed by atoms with E-state index in [9.17, 15) is 4.79 Å². The molecule has 0 saturated carbocycles. The number of amides is 2. The van der Waals surface area contributed by atoms with Crippen LogP contribution >= 0.6 is 0 Å². The molecule has 22 heavy (non-hydrogen) atoms. The summed E-state index contributed by atoms with van der Waals surface area (Å²) < 4.78 is 10.8. The van der Waals surface area contributed by atoms with Crippen molar-refractivity contribution in [1.82, 2.24) is 10.2 Å². The maximum atomic E-state index is 12.3. The molecule has 2 amide bonds. The summed E-state index contributed by atoms with van der Waals surface area (Å²) >= 11 is 0. The number of hydrogen-bond acceptors (Lipinski definition) is 3. The number of urea groups is 1. The van der Waals surface area contributed by atoms with Gasteiger partial charge in [0.2, 0.25) is 0 Å². The molecule has 0 radical (unpaired) electrons. The fraction of sp³-hybridized carbons (Fsp3) is 0.588. The quantitative estimate of drug-likeness (QED) is 0.930. The first kappa shape index (κ1) is 16.5. The SMILES string of the molecule is CCCNC(=O)N1Cc2cc(OC)c(OC)cc2C(C)(C)C1. The Kier molecular flexibility index (Phi) is 4.84. The molecule has 1 aromatic rings. The minimum Gasteiger partial charge on any atom is -0.493 e. The molecule has 0 spiro atoms. The number of fused-ring (bicyclic) bond motifs is 1. The van der Waals surface area contributed by atoms with Crippen molar-refractivity contribution < 1.29 is 14.3 Å². The highest BCUT2D eigenvalue weighted by Gasteiger charge is 2.35. The fourth-order valence-corrected chi connectivity index (χ4v) is 2.99. The van der Waals surface area contributed by atoms with Gasteiger partial charge in [0.05, 0.1) is 14.2 Å². The van der Waals surface area contributed by atoms with Gasteiger partial charge in [-0.1, -0.05) is 20.8 Å². The number of ether oxygens (including phenoxy) is 2. The summed E-state index contributed by atoms with van der Waals surface area (Å²) in [5.74, 6) is 1.44. The van der Waals surface area contributed by atoms with Gasteiger partial charge in [-0.15, -0.1) is 0 Å². The Hall–Kier alpha value is -1.91. The molecule has 2 rings (SSSR count). The van der Waals surface area contributed by atoms with Crippen molar-refractivity contribution in [2.75, 3.05) is 27.3 Å². The standard InChI is InChI=1S/C17H26N2O3/c1-6-7-18-16(20)19-10-12-8-14(21-4)15(22-5)9-13(12)17(2,3)11-19/h8-9H,6-7,10-11H2,1-5H3,(H,18,20). The first-order valence-electron chi connectivity index (χ1n) is 7.71. The number of nitrogens with one attached hydrogen (secondary N) is 1. The maximum Gasteiger partial charge on any atom is 0.317 e. The van der Waals surface area contributed by atoms with Crippen LogP contribution in [0.15, 0.2) is 12.1 Å². The molecule has 0 bridgehead atoms. The third-order valence-electron chi connectivity index (χ3n) is 4.10. The normalized spacial score (nSPS) is 16.0. The zero-order chi connectivity index (χ0) is 16.3. The van der Waals surface area contributed by atoms with E-state index in [1.165, 1.54) is 5.56 Å². The summed E-state index contributed by atoms with van der Waals surface area (Å²) in [7, 11) is 3.27. The van der Waals surface area contributed by atoms with Gasteiger partial charge in [0.15, 0.2) is 11.5 Å². The van der Waals surface area contributed by atoms with Crippen LogP contribution in [0.2, 0.25) is 0 Å². The number of carbonyl (C=O) groups is 1. The molecule has 0 atom stereocenters. The molecule has 0 unspecified atom stereocenters. The van der Waals surface area contributed by atoms with E-state index in [2.05, 4.69) is 19.2 Å². The van der Waals surface area contributed by atoms with E-state index in [0.717, 1.165) is 17.7 Å². The third kappa shape index (κ3) is 3.13. The Balaban J connectivity index is 2.34. The summed E-state index contributed by atoms with van der Waals surface area (Å²) in [4.78, 5) is 14.2. The highest BCUT2D eigenvalue weighted by Crippen LogP contribution is 2.40. The van der Waals surface area contributed by atoms with E-state index in [1.54, 1.807) is 14.2 Å². The van der Waals surface area contributed by atoms with Crippen LogP contribution in [0.1, 0.15) is 38.3 Å². The van der Waals surface area contributed by atoms with Crippen molar-refractivity contribution in [1.29, 1.82) is 0 Å². The molecule has 0 aromatic heterocycles. The van der Waals surface area contributed by atoms with Gasteiger partial charge in [-0.2, -0.15) is 0 Å². The summed E-state index contributed by atoms with van der Waals surface area (Å²) in [5.41, 5.74) is 2.20. The second kappa shape index (κ2) is 6.46. The van der Waals surface area contributed by atoms with Crippen LogP contribution < -0.4 is 14.8 Å². The average Bonchev–Trinajstić information content (AvgIpc) is 2.50. The zero-order valence-corrected chi connectivity index (χ0v) is 14.2. The monoisotopic (exact) mass is 306 g/mol. The molecule has 122 valence electrons. The van der Waals surface area contributed by atoms with E-state index in [1.807, 2.05) is 24.0 Å². The minimum absolute atomic E-state index is 0.00430. The minimum atomic E-state index is -0.128. The third-order valence-corrected chi connectivity index (χ3v) is 4.10. The molecule has 1 aliphatic rings. The fourth-order valence-electron chi connectivity index (χ4n) is 2.99. The van der Waals surface area contributed by atoms with Gasteiger partial charge in [-0.3, -0.25) is 0 Å². The molecule has 0 aliphatic carbocycles. The number of methoxy groups -OCH3 is 2. The van der Waals surface area contributed by atoms with Gasteiger partial charge >= 0.3 is 6.03 Å². The van der Waals surface area contributed by atoms with E-state index in [0.29, 0.717) is 25.4 Å². The Morgan fingerprint density at radius 2 is 1.91 bits per heavy atom. The van der Waals surface area contributed by atoms with Crippen LogP contribution in [-0.4, -0.2) is 38.2 Å². The lowest BCUT2D eigenvalue weighted by Gasteiger charge is -2.40. The Morgan fingerprint density at radius 1 is 1.27 bits per heavy atom. The van der Waals surface area contributed by atoms with Crippen LogP contribution in [0.25, 0.3) is 0 Å². The van der Waals surface area contributed by atoms with Gasteiger partial charge < -0.3 is 19.7 Å². The van der Waals surface area contributed by atoms with Crippen molar-refractivity contribution in [3.05, 3.63) is 23.3 Å². The van der Waals surface area contributed by atoms with Crippen molar-refractivity contribution in [3.8, 4) is 11.5 Å². The summed E-state index contributed by atoms with van der Waals surface area (Å²) in [6.07, 6.45) is 0.935. The molecule has 0 fully saturated rings. The van der Waals surface area contributed by atoms with E-state index >= 15 is 0 Å². The topological polar surface area (TPSA) is 50.8 Å². The van der Waals surface area contributed by atoms with Gasteiger partial charge in [-0.05, 0) is 29.7 Å². The summed E-state index contributed by atoms with van der Waals surface area (Å²) in [6, 6.07) is 4.01.